The highest BCUT2D eigenvalue weighted by molar-refractivity contribution is 5.94. The van der Waals surface area contributed by atoms with Gasteiger partial charge in [-0.25, -0.2) is 9.78 Å². The molecule has 2 rings (SSSR count). The minimum Gasteiger partial charge on any atom is -0.480 e. The van der Waals surface area contributed by atoms with Gasteiger partial charge in [0, 0.05) is 31.3 Å². The monoisotopic (exact) mass is 508 g/mol. The second kappa shape index (κ2) is 14.1. The van der Waals surface area contributed by atoms with Crippen LogP contribution in [-0.2, 0) is 30.4 Å². The summed E-state index contributed by atoms with van der Waals surface area (Å²) in [5.41, 5.74) is 17.1. The number of rotatable bonds is 15. The van der Waals surface area contributed by atoms with Gasteiger partial charge in [-0.15, -0.1) is 0 Å². The van der Waals surface area contributed by atoms with Crippen LogP contribution in [0.5, 0.6) is 0 Å². The third-order valence-electron chi connectivity index (χ3n) is 6.03. The fraction of sp³-hybridized carbons (Fsp3) is 0.636. The molecule has 0 aromatic carbocycles. The van der Waals surface area contributed by atoms with Crippen LogP contribution in [0.3, 0.4) is 0 Å². The maximum Gasteiger partial charge on any atom is 0.326 e. The largest absolute Gasteiger partial charge is 0.480 e. The van der Waals surface area contributed by atoms with Crippen LogP contribution >= 0.6 is 0 Å². The zero-order valence-electron chi connectivity index (χ0n) is 20.2. The van der Waals surface area contributed by atoms with Crippen LogP contribution in [0.15, 0.2) is 12.5 Å². The molecular formula is C22H36N8O6. The van der Waals surface area contributed by atoms with E-state index in [1.54, 1.807) is 0 Å². The zero-order valence-corrected chi connectivity index (χ0v) is 20.2. The molecule has 14 nitrogen and oxygen atoms in total. The molecule has 1 fully saturated rings. The number of carboxylic acid groups (broad SMARTS) is 1. The molecule has 0 radical (unpaired) electrons. The van der Waals surface area contributed by atoms with Gasteiger partial charge in [-0.1, -0.05) is 0 Å². The molecule has 1 aliphatic heterocycles. The van der Waals surface area contributed by atoms with Crippen LogP contribution in [0.1, 0.15) is 50.6 Å². The van der Waals surface area contributed by atoms with E-state index < -0.39 is 53.8 Å². The molecule has 4 atom stereocenters. The van der Waals surface area contributed by atoms with Crippen molar-refractivity contribution in [1.29, 1.82) is 0 Å². The van der Waals surface area contributed by atoms with Crippen molar-refractivity contribution in [3.05, 3.63) is 18.2 Å². The minimum absolute atomic E-state index is 0.0332. The SMILES string of the molecule is NCCCCC(NC(=O)C(Cc1cnc[nH]1)NC(=O)C1CCCN1C(=O)C(N)CCC(N)=O)C(=O)O. The Labute approximate surface area is 208 Å². The van der Waals surface area contributed by atoms with Gasteiger partial charge in [0.15, 0.2) is 0 Å². The molecule has 1 aromatic heterocycles. The second-order valence-corrected chi connectivity index (χ2v) is 8.83. The van der Waals surface area contributed by atoms with E-state index in [9.17, 15) is 29.1 Å². The molecule has 200 valence electrons. The normalized spacial score (nSPS) is 17.7. The third-order valence-corrected chi connectivity index (χ3v) is 6.03. The molecule has 1 aromatic rings. The summed E-state index contributed by atoms with van der Waals surface area (Å²) < 4.78 is 0. The number of nitrogens with two attached hydrogens (primary N) is 3. The topological polar surface area (TPSA) is 240 Å². The number of carbonyl (C=O) groups excluding carboxylic acids is 4. The molecule has 0 aliphatic carbocycles. The van der Waals surface area contributed by atoms with Gasteiger partial charge < -0.3 is 42.8 Å². The van der Waals surface area contributed by atoms with Crippen LogP contribution < -0.4 is 27.8 Å². The number of H-pyrrole nitrogens is 1. The molecule has 0 bridgehead atoms. The Morgan fingerprint density at radius 3 is 2.53 bits per heavy atom. The van der Waals surface area contributed by atoms with E-state index in [2.05, 4.69) is 20.6 Å². The molecule has 0 saturated carbocycles. The average molecular weight is 509 g/mol. The molecule has 0 spiro atoms. The van der Waals surface area contributed by atoms with Crippen LogP contribution in [0, 0.1) is 0 Å². The second-order valence-electron chi connectivity index (χ2n) is 8.83. The number of nitrogens with one attached hydrogen (secondary N) is 3. The summed E-state index contributed by atoms with van der Waals surface area (Å²) in [6.45, 7) is 0.711. The number of aromatic nitrogens is 2. The highest BCUT2D eigenvalue weighted by Gasteiger charge is 2.38. The Balaban J connectivity index is 2.11. The fourth-order valence-corrected chi connectivity index (χ4v) is 4.05. The Morgan fingerprint density at radius 1 is 1.17 bits per heavy atom. The average Bonchev–Trinajstić information content (AvgIpc) is 3.53. The first kappa shape index (κ1) is 28.7. The molecule has 14 heteroatoms. The standard InChI is InChI=1S/C22H36N8O6/c23-8-2-1-4-15(22(35)36)28-19(32)16(10-13-11-26-12-27-13)29-20(33)17-5-3-9-30(17)21(34)14(24)6-7-18(25)31/h11-12,14-17H,1-10,23-24H2,(H2,25,31)(H,26,27)(H,28,32)(H,29,33)(H,35,36). The molecule has 1 aliphatic rings. The lowest BCUT2D eigenvalue weighted by atomic mass is 10.1. The van der Waals surface area contributed by atoms with E-state index in [1.807, 2.05) is 0 Å². The number of hydrogen-bond acceptors (Lipinski definition) is 8. The molecule has 4 unspecified atom stereocenters. The first-order chi connectivity index (χ1) is 17.1. The van der Waals surface area contributed by atoms with Gasteiger partial charge in [-0.05, 0) is 45.1 Å². The van der Waals surface area contributed by atoms with Crippen LogP contribution in [-0.4, -0.2) is 86.8 Å². The number of carboxylic acids is 1. The number of unbranched alkanes of at least 4 members (excludes halogenated alkanes) is 1. The number of imidazole rings is 1. The Hall–Kier alpha value is -3.52. The van der Waals surface area contributed by atoms with E-state index in [1.165, 1.54) is 17.4 Å². The number of carbonyl (C=O) groups is 5. The van der Waals surface area contributed by atoms with E-state index >= 15 is 0 Å². The predicted molar refractivity (Wildman–Crippen MR) is 128 cm³/mol. The number of hydrogen-bond donors (Lipinski definition) is 7. The zero-order chi connectivity index (χ0) is 26.7. The highest BCUT2D eigenvalue weighted by atomic mass is 16.4. The quantitative estimate of drug-likeness (QED) is 0.126. The van der Waals surface area contributed by atoms with Gasteiger partial charge in [0.05, 0.1) is 12.4 Å². The Morgan fingerprint density at radius 2 is 1.92 bits per heavy atom. The summed E-state index contributed by atoms with van der Waals surface area (Å²) in [6, 6.07) is -4.10. The lowest BCUT2D eigenvalue weighted by Gasteiger charge is -2.28. The summed E-state index contributed by atoms with van der Waals surface area (Å²) in [5, 5.41) is 14.7. The van der Waals surface area contributed by atoms with Gasteiger partial charge in [-0.3, -0.25) is 19.2 Å². The van der Waals surface area contributed by atoms with Gasteiger partial charge in [0.2, 0.25) is 23.6 Å². The third kappa shape index (κ3) is 8.61. The number of amides is 4. The van der Waals surface area contributed by atoms with E-state index in [0.717, 1.165) is 0 Å². The summed E-state index contributed by atoms with van der Waals surface area (Å²) in [4.78, 5) is 69.8. The lowest BCUT2D eigenvalue weighted by Crippen LogP contribution is -2.57. The summed E-state index contributed by atoms with van der Waals surface area (Å²) in [5.74, 6) is -3.48. The first-order valence-corrected chi connectivity index (χ1v) is 12.0. The summed E-state index contributed by atoms with van der Waals surface area (Å²) in [6.07, 6.45) is 5.20. The van der Waals surface area contributed by atoms with E-state index in [4.69, 9.17) is 17.2 Å². The number of primary amides is 1. The van der Waals surface area contributed by atoms with Gasteiger partial charge in [0.25, 0.3) is 0 Å². The predicted octanol–water partition coefficient (Wildman–Crippen LogP) is -2.28. The van der Waals surface area contributed by atoms with Crippen molar-refractivity contribution in [2.45, 2.75) is 75.5 Å². The summed E-state index contributed by atoms with van der Waals surface area (Å²) >= 11 is 0. The summed E-state index contributed by atoms with van der Waals surface area (Å²) in [7, 11) is 0. The Kier molecular flexibility index (Phi) is 11.3. The lowest BCUT2D eigenvalue weighted by molar-refractivity contribution is -0.143. The number of aromatic amines is 1. The van der Waals surface area contributed by atoms with Crippen molar-refractivity contribution in [2.24, 2.45) is 17.2 Å². The molecule has 10 N–H and O–H groups in total. The molecule has 1 saturated heterocycles. The number of aliphatic carboxylic acids is 1. The fourth-order valence-electron chi connectivity index (χ4n) is 4.05. The maximum atomic E-state index is 13.2. The molecule has 4 amide bonds. The van der Waals surface area contributed by atoms with Crippen molar-refractivity contribution < 1.29 is 29.1 Å². The molecule has 36 heavy (non-hydrogen) atoms. The van der Waals surface area contributed by atoms with Crippen LogP contribution in [0.25, 0.3) is 0 Å². The van der Waals surface area contributed by atoms with E-state index in [0.29, 0.717) is 44.5 Å². The van der Waals surface area contributed by atoms with Crippen molar-refractivity contribution >= 4 is 29.6 Å². The van der Waals surface area contributed by atoms with Gasteiger partial charge in [0.1, 0.15) is 18.1 Å². The number of likely N-dealkylation sites (tertiary alicyclic amines) is 1. The molecule has 2 heterocycles. The van der Waals surface area contributed by atoms with Crippen molar-refractivity contribution in [3.8, 4) is 0 Å². The number of nitrogens with zero attached hydrogens (tertiary/aromatic N) is 2. The van der Waals surface area contributed by atoms with E-state index in [-0.39, 0.29) is 25.7 Å². The first-order valence-electron chi connectivity index (χ1n) is 12.0. The maximum absolute atomic E-state index is 13.2. The van der Waals surface area contributed by atoms with Crippen molar-refractivity contribution in [1.82, 2.24) is 25.5 Å². The smallest absolute Gasteiger partial charge is 0.326 e. The Bertz CT molecular complexity index is 908. The van der Waals surface area contributed by atoms with Gasteiger partial charge >= 0.3 is 5.97 Å². The van der Waals surface area contributed by atoms with Gasteiger partial charge in [-0.2, -0.15) is 0 Å². The minimum atomic E-state index is -1.19. The van der Waals surface area contributed by atoms with Crippen molar-refractivity contribution in [2.75, 3.05) is 13.1 Å². The molecular weight excluding hydrogens is 472 g/mol. The van der Waals surface area contributed by atoms with Crippen LogP contribution in [0.2, 0.25) is 0 Å². The van der Waals surface area contributed by atoms with Crippen LogP contribution in [0.4, 0.5) is 0 Å². The van der Waals surface area contributed by atoms with Crippen molar-refractivity contribution in [3.63, 3.8) is 0 Å². The highest BCUT2D eigenvalue weighted by Crippen LogP contribution is 2.19.